The van der Waals surface area contributed by atoms with Crippen molar-refractivity contribution in [1.29, 1.82) is 0 Å². The van der Waals surface area contributed by atoms with Crippen LogP contribution in [-0.4, -0.2) is 34.0 Å². The van der Waals surface area contributed by atoms with Gasteiger partial charge in [0.25, 0.3) is 0 Å². The molecule has 1 unspecified atom stereocenters. The molecule has 0 aliphatic heterocycles. The highest BCUT2D eigenvalue weighted by molar-refractivity contribution is 5.91. The van der Waals surface area contributed by atoms with Gasteiger partial charge in [0.2, 0.25) is 0 Å². The molecule has 0 aromatic heterocycles. The largest absolute Gasteiger partial charge is 0.392 e. The number of fused-ring (bicyclic) bond motifs is 5. The Morgan fingerprint density at radius 2 is 1.78 bits per heavy atom. The van der Waals surface area contributed by atoms with Gasteiger partial charge in [0.15, 0.2) is 0 Å². The fourth-order valence-corrected chi connectivity index (χ4v) is 6.26. The Labute approximate surface area is 137 Å². The molecule has 0 aromatic carbocycles. The molecule has 4 aliphatic rings. The number of hydrogen-bond acceptors (Lipinski definition) is 4. The summed E-state index contributed by atoms with van der Waals surface area (Å²) in [4.78, 5) is 25.2. The number of ketones is 2. The van der Waals surface area contributed by atoms with Gasteiger partial charge in [0, 0.05) is 18.3 Å². The normalized spacial score (nSPS) is 52.5. The molecular formula is C19H26O4. The minimum atomic E-state index is -0.618. The Bertz CT molecular complexity index is 608. The van der Waals surface area contributed by atoms with Gasteiger partial charge in [-0.3, -0.25) is 9.59 Å². The lowest BCUT2D eigenvalue weighted by Crippen LogP contribution is -2.57. The van der Waals surface area contributed by atoms with Crippen LogP contribution in [0.2, 0.25) is 0 Å². The summed E-state index contributed by atoms with van der Waals surface area (Å²) in [6, 6.07) is 0. The lowest BCUT2D eigenvalue weighted by atomic mass is 9.47. The van der Waals surface area contributed by atoms with Crippen molar-refractivity contribution in [1.82, 2.24) is 0 Å². The molecule has 3 fully saturated rings. The summed E-state index contributed by atoms with van der Waals surface area (Å²) in [5, 5.41) is 20.8. The monoisotopic (exact) mass is 318 g/mol. The molecule has 3 saturated carbocycles. The van der Waals surface area contributed by atoms with Gasteiger partial charge in [0.05, 0.1) is 17.6 Å². The minimum absolute atomic E-state index is 0.00635. The summed E-state index contributed by atoms with van der Waals surface area (Å²) in [7, 11) is 0. The van der Waals surface area contributed by atoms with Gasteiger partial charge in [0.1, 0.15) is 11.6 Å². The van der Waals surface area contributed by atoms with E-state index in [0.29, 0.717) is 18.6 Å². The first-order valence-corrected chi connectivity index (χ1v) is 8.92. The summed E-state index contributed by atoms with van der Waals surface area (Å²) >= 11 is 0. The van der Waals surface area contributed by atoms with Crippen LogP contribution >= 0.6 is 0 Å². The van der Waals surface area contributed by atoms with Crippen molar-refractivity contribution < 1.29 is 19.8 Å². The van der Waals surface area contributed by atoms with E-state index in [1.54, 1.807) is 0 Å². The molecule has 126 valence electrons. The first-order chi connectivity index (χ1) is 10.8. The first kappa shape index (κ1) is 15.5. The predicted octanol–water partition coefficient (Wildman–Crippen LogP) is 2.03. The van der Waals surface area contributed by atoms with E-state index >= 15 is 0 Å². The molecule has 0 spiro atoms. The van der Waals surface area contributed by atoms with Gasteiger partial charge in [-0.05, 0) is 50.4 Å². The van der Waals surface area contributed by atoms with E-state index in [9.17, 15) is 19.8 Å². The van der Waals surface area contributed by atoms with Gasteiger partial charge in [-0.15, -0.1) is 0 Å². The predicted molar refractivity (Wildman–Crippen MR) is 84.5 cm³/mol. The summed E-state index contributed by atoms with van der Waals surface area (Å²) in [6.07, 6.45) is 4.40. The van der Waals surface area contributed by atoms with Crippen LogP contribution in [-0.2, 0) is 9.59 Å². The lowest BCUT2D eigenvalue weighted by molar-refractivity contribution is -0.146. The van der Waals surface area contributed by atoms with E-state index in [2.05, 4.69) is 6.92 Å². The Balaban J connectivity index is 1.79. The topological polar surface area (TPSA) is 74.6 Å². The van der Waals surface area contributed by atoms with Gasteiger partial charge in [-0.25, -0.2) is 0 Å². The number of aliphatic hydroxyl groups is 2. The highest BCUT2D eigenvalue weighted by Gasteiger charge is 2.62. The van der Waals surface area contributed by atoms with E-state index in [1.165, 1.54) is 0 Å². The van der Waals surface area contributed by atoms with Crippen molar-refractivity contribution in [3.05, 3.63) is 11.6 Å². The Hall–Kier alpha value is -1.00. The van der Waals surface area contributed by atoms with Crippen LogP contribution in [0.4, 0.5) is 0 Å². The summed E-state index contributed by atoms with van der Waals surface area (Å²) in [5.74, 6) is 0.712. The number of aliphatic hydroxyl groups excluding tert-OH is 2. The molecule has 7 atom stereocenters. The third kappa shape index (κ3) is 1.85. The van der Waals surface area contributed by atoms with Crippen LogP contribution in [0, 0.1) is 28.6 Å². The number of hydrogen-bond donors (Lipinski definition) is 2. The van der Waals surface area contributed by atoms with Crippen LogP contribution in [0.1, 0.15) is 52.4 Å². The van der Waals surface area contributed by atoms with Crippen molar-refractivity contribution in [3.8, 4) is 0 Å². The van der Waals surface area contributed by atoms with E-state index < -0.39 is 17.6 Å². The fourth-order valence-electron chi connectivity index (χ4n) is 6.26. The highest BCUT2D eigenvalue weighted by Crippen LogP contribution is 2.63. The van der Waals surface area contributed by atoms with Crippen LogP contribution in [0.3, 0.4) is 0 Å². The zero-order chi connectivity index (χ0) is 16.6. The summed E-state index contributed by atoms with van der Waals surface area (Å²) < 4.78 is 0. The number of Topliss-reactive ketones (excluding diaryl/α,β-unsaturated/α-hetero) is 2. The van der Waals surface area contributed by atoms with Crippen molar-refractivity contribution in [2.45, 2.75) is 64.6 Å². The molecule has 4 nitrogen and oxygen atoms in total. The Kier molecular flexibility index (Phi) is 3.21. The first-order valence-electron chi connectivity index (χ1n) is 8.92. The summed E-state index contributed by atoms with van der Waals surface area (Å²) in [6.45, 7) is 4.07. The van der Waals surface area contributed by atoms with Crippen LogP contribution in [0.15, 0.2) is 11.6 Å². The van der Waals surface area contributed by atoms with Crippen LogP contribution in [0.5, 0.6) is 0 Å². The second-order valence-electron chi connectivity index (χ2n) is 8.58. The average Bonchev–Trinajstić information content (AvgIpc) is 2.78. The van der Waals surface area contributed by atoms with Crippen LogP contribution < -0.4 is 0 Å². The molecule has 4 rings (SSSR count). The van der Waals surface area contributed by atoms with Crippen molar-refractivity contribution in [2.75, 3.05) is 0 Å². The molecule has 0 aromatic rings. The standard InChI is InChI=1S/C19H26O4/c1-18-6-5-13-17(12(18)3-4-15(18)22)14(21)8-10-7-11(20)9-16(23)19(10,13)2/h8,11-14,17,20-21H,3-7,9H2,1-2H3/t11-,12+,13+,14?,17+,18+,19+/m1/s1. The lowest BCUT2D eigenvalue weighted by Gasteiger charge is -2.56. The number of carbonyl (C=O) groups excluding carboxylic acids is 2. The molecule has 23 heavy (non-hydrogen) atoms. The minimum Gasteiger partial charge on any atom is -0.392 e. The molecule has 4 heteroatoms. The number of carbonyl (C=O) groups is 2. The molecule has 4 aliphatic carbocycles. The Morgan fingerprint density at radius 3 is 2.52 bits per heavy atom. The van der Waals surface area contributed by atoms with Gasteiger partial charge >= 0.3 is 0 Å². The second kappa shape index (κ2) is 4.76. The maximum Gasteiger partial charge on any atom is 0.145 e. The maximum atomic E-state index is 12.8. The quantitative estimate of drug-likeness (QED) is 0.670. The van der Waals surface area contributed by atoms with Crippen molar-refractivity contribution >= 4 is 11.6 Å². The third-order valence-corrected chi connectivity index (χ3v) is 7.67. The fraction of sp³-hybridized carbons (Fsp3) is 0.789. The SMILES string of the molecule is C[C@]12C(=O)C[C@H](O)CC1=CC(O)[C@@H]1[C@@H]2CC[C@]2(C)C(=O)CC[C@@H]12. The van der Waals surface area contributed by atoms with Crippen molar-refractivity contribution in [2.24, 2.45) is 28.6 Å². The zero-order valence-corrected chi connectivity index (χ0v) is 13.9. The van der Waals surface area contributed by atoms with Gasteiger partial charge in [-0.2, -0.15) is 0 Å². The zero-order valence-electron chi connectivity index (χ0n) is 13.9. The highest BCUT2D eigenvalue weighted by atomic mass is 16.3. The number of rotatable bonds is 0. The van der Waals surface area contributed by atoms with E-state index in [4.69, 9.17) is 0 Å². The summed E-state index contributed by atoms with van der Waals surface area (Å²) in [5.41, 5.74) is 0.0416. The van der Waals surface area contributed by atoms with Crippen molar-refractivity contribution in [3.63, 3.8) is 0 Å². The van der Waals surface area contributed by atoms with E-state index in [1.807, 2.05) is 13.0 Å². The van der Waals surface area contributed by atoms with Crippen LogP contribution in [0.25, 0.3) is 0 Å². The smallest absolute Gasteiger partial charge is 0.145 e. The third-order valence-electron chi connectivity index (χ3n) is 7.67. The molecular weight excluding hydrogens is 292 g/mol. The second-order valence-corrected chi connectivity index (χ2v) is 8.58. The molecule has 2 N–H and O–H groups in total. The molecule has 0 saturated heterocycles. The van der Waals surface area contributed by atoms with Gasteiger partial charge < -0.3 is 10.2 Å². The average molecular weight is 318 g/mol. The molecule has 0 bridgehead atoms. The maximum absolute atomic E-state index is 12.8. The molecule has 0 heterocycles. The molecule has 0 radical (unpaired) electrons. The Morgan fingerprint density at radius 1 is 1.04 bits per heavy atom. The van der Waals surface area contributed by atoms with Gasteiger partial charge in [-0.1, -0.05) is 18.6 Å². The van der Waals surface area contributed by atoms with E-state index in [0.717, 1.165) is 24.8 Å². The van der Waals surface area contributed by atoms with E-state index in [-0.39, 0.29) is 35.4 Å². The molecule has 0 amide bonds.